The minimum absolute atomic E-state index is 0. The molecule has 0 aliphatic carbocycles. The number of nitrogens with one attached hydrogen (secondary N) is 1. The van der Waals surface area contributed by atoms with Crippen molar-refractivity contribution in [3.63, 3.8) is 0 Å². The van der Waals surface area contributed by atoms with Gasteiger partial charge in [0.2, 0.25) is 0 Å². The SMILES string of the molecule is O=c1ccn([C@@H]2O[C@H](CO)[C@@H](O)[C@H]2OP(=O)(O)O)c(=O)[nH]1.[Li]. The van der Waals surface area contributed by atoms with Gasteiger partial charge in [0.05, 0.1) is 6.61 Å². The van der Waals surface area contributed by atoms with Crippen molar-refractivity contribution in [2.75, 3.05) is 6.61 Å². The monoisotopic (exact) mass is 331 g/mol. The molecule has 1 aliphatic heterocycles. The zero-order chi connectivity index (χ0) is 15.8. The van der Waals surface area contributed by atoms with Crippen LogP contribution in [0, 0.1) is 0 Å². The maximum absolute atomic E-state index is 11.7. The molecule has 0 amide bonds. The molecule has 2 heterocycles. The van der Waals surface area contributed by atoms with Crippen LogP contribution in [0.1, 0.15) is 6.23 Å². The van der Waals surface area contributed by atoms with Crippen molar-refractivity contribution in [2.45, 2.75) is 24.5 Å². The van der Waals surface area contributed by atoms with Crippen LogP contribution in [0.25, 0.3) is 0 Å². The van der Waals surface area contributed by atoms with Crippen LogP contribution < -0.4 is 11.2 Å². The first-order valence-electron chi connectivity index (χ1n) is 5.73. The van der Waals surface area contributed by atoms with Crippen LogP contribution in [0.5, 0.6) is 0 Å². The molecule has 119 valence electrons. The molecule has 1 saturated heterocycles. The van der Waals surface area contributed by atoms with E-state index in [0.717, 1.165) is 16.8 Å². The number of aliphatic hydroxyl groups is 2. The van der Waals surface area contributed by atoms with Crippen LogP contribution in [0.2, 0.25) is 0 Å². The minimum Gasteiger partial charge on any atom is -0.394 e. The maximum Gasteiger partial charge on any atom is 0.470 e. The zero-order valence-electron chi connectivity index (χ0n) is 11.4. The van der Waals surface area contributed by atoms with E-state index in [4.69, 9.17) is 19.6 Å². The van der Waals surface area contributed by atoms with E-state index in [9.17, 15) is 19.3 Å². The van der Waals surface area contributed by atoms with E-state index >= 15 is 0 Å². The fourth-order valence-electron chi connectivity index (χ4n) is 1.99. The number of aromatic amines is 1. The smallest absolute Gasteiger partial charge is 0.394 e. The summed E-state index contributed by atoms with van der Waals surface area (Å²) in [5, 5.41) is 18.9. The second kappa shape index (κ2) is 7.23. The van der Waals surface area contributed by atoms with Crippen molar-refractivity contribution in [3.8, 4) is 0 Å². The molecule has 4 atom stereocenters. The van der Waals surface area contributed by atoms with E-state index in [-0.39, 0.29) is 18.9 Å². The van der Waals surface area contributed by atoms with Crippen molar-refractivity contribution in [2.24, 2.45) is 0 Å². The third-order valence-electron chi connectivity index (χ3n) is 2.88. The summed E-state index contributed by atoms with van der Waals surface area (Å²) in [5.74, 6) is 0. The van der Waals surface area contributed by atoms with Crippen molar-refractivity contribution in [1.29, 1.82) is 0 Å². The second-order valence-corrected chi connectivity index (χ2v) is 5.51. The van der Waals surface area contributed by atoms with E-state index in [2.05, 4.69) is 4.52 Å². The molecule has 0 aromatic carbocycles. The van der Waals surface area contributed by atoms with Gasteiger partial charge in [0.15, 0.2) is 6.23 Å². The van der Waals surface area contributed by atoms with Gasteiger partial charge >= 0.3 is 13.5 Å². The Balaban J connectivity index is 0.00000242. The molecule has 2 rings (SSSR count). The fourth-order valence-corrected chi connectivity index (χ4v) is 2.54. The number of aliphatic hydroxyl groups excluding tert-OH is 2. The maximum atomic E-state index is 11.7. The molecule has 1 aromatic rings. The normalized spacial score (nSPS) is 28.4. The van der Waals surface area contributed by atoms with Crippen molar-refractivity contribution in [3.05, 3.63) is 33.1 Å². The Morgan fingerprint density at radius 3 is 2.55 bits per heavy atom. The number of H-pyrrole nitrogens is 1. The number of aromatic nitrogens is 2. The Bertz CT molecular complexity index is 670. The van der Waals surface area contributed by atoms with E-state index in [1.165, 1.54) is 0 Å². The van der Waals surface area contributed by atoms with Crippen LogP contribution in [-0.4, -0.2) is 73.3 Å². The summed E-state index contributed by atoms with van der Waals surface area (Å²) in [7, 11) is -4.98. The van der Waals surface area contributed by atoms with E-state index in [1.807, 2.05) is 4.98 Å². The quantitative estimate of drug-likeness (QED) is 0.283. The van der Waals surface area contributed by atoms with Crippen molar-refractivity contribution >= 4 is 26.7 Å². The largest absolute Gasteiger partial charge is 0.470 e. The molecule has 11 nitrogen and oxygen atoms in total. The number of nitrogens with zero attached hydrogens (tertiary/aromatic N) is 1. The summed E-state index contributed by atoms with van der Waals surface area (Å²) in [4.78, 5) is 42.3. The summed E-state index contributed by atoms with van der Waals surface area (Å²) in [6.45, 7) is -0.656. The molecule has 22 heavy (non-hydrogen) atoms. The Morgan fingerprint density at radius 1 is 1.41 bits per heavy atom. The summed E-state index contributed by atoms with van der Waals surface area (Å²) in [6.07, 6.45) is -4.79. The Labute approximate surface area is 134 Å². The zero-order valence-corrected chi connectivity index (χ0v) is 12.3. The molecule has 1 aliphatic rings. The summed E-state index contributed by atoms with van der Waals surface area (Å²) < 4.78 is 21.3. The van der Waals surface area contributed by atoms with E-state index in [1.54, 1.807) is 0 Å². The molecule has 1 radical (unpaired) electrons. The molecule has 0 spiro atoms. The first kappa shape index (κ1) is 19.3. The average molecular weight is 331 g/mol. The third kappa shape index (κ3) is 4.17. The predicted octanol–water partition coefficient (Wildman–Crippen LogP) is -3.12. The van der Waals surface area contributed by atoms with Crippen LogP contribution in [0.15, 0.2) is 21.9 Å². The summed E-state index contributed by atoms with van der Waals surface area (Å²) >= 11 is 0. The van der Waals surface area contributed by atoms with Gasteiger partial charge < -0.3 is 24.7 Å². The Kier molecular flexibility index (Phi) is 6.34. The Morgan fingerprint density at radius 2 is 2.05 bits per heavy atom. The van der Waals surface area contributed by atoms with Gasteiger partial charge in [-0.3, -0.25) is 18.9 Å². The Hall–Kier alpha value is -0.733. The summed E-state index contributed by atoms with van der Waals surface area (Å²) in [5.41, 5.74) is -1.60. The van der Waals surface area contributed by atoms with Gasteiger partial charge in [-0.2, -0.15) is 0 Å². The van der Waals surface area contributed by atoms with Crippen LogP contribution in [0.3, 0.4) is 0 Å². The van der Waals surface area contributed by atoms with Crippen molar-refractivity contribution in [1.82, 2.24) is 9.55 Å². The second-order valence-electron chi connectivity index (χ2n) is 4.32. The summed E-state index contributed by atoms with van der Waals surface area (Å²) in [6, 6.07) is 0.984. The van der Waals surface area contributed by atoms with Gasteiger partial charge in [-0.05, 0) is 0 Å². The van der Waals surface area contributed by atoms with Gasteiger partial charge in [-0.15, -0.1) is 0 Å². The molecule has 0 saturated carbocycles. The van der Waals surface area contributed by atoms with Crippen molar-refractivity contribution < 1.29 is 33.8 Å². The molecular formula is C9H13LiN2O9P. The van der Waals surface area contributed by atoms with Gasteiger partial charge in [-0.25, -0.2) is 9.36 Å². The number of phosphoric ester groups is 1. The minimum atomic E-state index is -4.98. The first-order chi connectivity index (χ1) is 9.73. The third-order valence-corrected chi connectivity index (χ3v) is 3.40. The number of rotatable bonds is 4. The van der Waals surface area contributed by atoms with Crippen LogP contribution in [0.4, 0.5) is 0 Å². The topological polar surface area (TPSA) is 171 Å². The van der Waals surface area contributed by atoms with Crippen LogP contribution in [-0.2, 0) is 13.8 Å². The molecule has 0 unspecified atom stereocenters. The molecule has 1 aromatic heterocycles. The molecule has 13 heteroatoms. The number of hydrogen-bond acceptors (Lipinski definition) is 7. The number of phosphoric acid groups is 1. The van der Waals surface area contributed by atoms with Crippen LogP contribution >= 0.6 is 7.82 Å². The molecule has 1 fully saturated rings. The average Bonchev–Trinajstić information content (AvgIpc) is 2.65. The number of hydrogen-bond donors (Lipinski definition) is 5. The van der Waals surface area contributed by atoms with E-state index < -0.39 is 50.2 Å². The van der Waals surface area contributed by atoms with Gasteiger partial charge in [0, 0.05) is 31.1 Å². The van der Waals surface area contributed by atoms with E-state index in [0.29, 0.717) is 0 Å². The van der Waals surface area contributed by atoms with Gasteiger partial charge in [0.1, 0.15) is 18.3 Å². The molecule has 0 bridgehead atoms. The molecular weight excluding hydrogens is 318 g/mol. The molecule has 5 N–H and O–H groups in total. The van der Waals surface area contributed by atoms with Gasteiger partial charge in [-0.1, -0.05) is 0 Å². The first-order valence-corrected chi connectivity index (χ1v) is 7.26. The fraction of sp³-hybridized carbons (Fsp3) is 0.556. The standard InChI is InChI=1S/C9H13N2O9P.Li/c12-3-4-6(14)7(20-21(16,17)18)8(19-4)11-2-1-5(13)10-9(11)15;/h1-2,4,6-8,12,14H,3H2,(H,10,13,15)(H2,16,17,18);/t4-,6-,7-,8-;/m1./s1. The number of ether oxygens (including phenoxy) is 1. The van der Waals surface area contributed by atoms with Gasteiger partial charge in [0.25, 0.3) is 5.56 Å². The predicted molar refractivity (Wildman–Crippen MR) is 71.0 cm³/mol.